The highest BCUT2D eigenvalue weighted by molar-refractivity contribution is 5.55. The van der Waals surface area contributed by atoms with Crippen LogP contribution in [0.1, 0.15) is 12.5 Å². The van der Waals surface area contributed by atoms with Gasteiger partial charge >= 0.3 is 0 Å². The summed E-state index contributed by atoms with van der Waals surface area (Å²) in [6, 6.07) is 5.50. The van der Waals surface area contributed by atoms with Crippen molar-refractivity contribution in [1.29, 1.82) is 5.26 Å². The molecule has 0 saturated heterocycles. The first-order valence-electron chi connectivity index (χ1n) is 4.71. The molecule has 0 aromatic carbocycles. The van der Waals surface area contributed by atoms with Crippen molar-refractivity contribution in [1.82, 2.24) is 14.5 Å². The van der Waals surface area contributed by atoms with Gasteiger partial charge in [0.05, 0.1) is 23.7 Å². The van der Waals surface area contributed by atoms with E-state index in [-0.39, 0.29) is 0 Å². The zero-order valence-corrected chi connectivity index (χ0v) is 8.38. The lowest BCUT2D eigenvalue weighted by molar-refractivity contribution is 0.761. The molecule has 4 heteroatoms. The fourth-order valence-corrected chi connectivity index (χ4v) is 1.31. The van der Waals surface area contributed by atoms with Crippen LogP contribution in [0.25, 0.3) is 11.4 Å². The molecule has 74 valence electrons. The predicted molar refractivity (Wildman–Crippen MR) is 55.8 cm³/mol. The van der Waals surface area contributed by atoms with E-state index in [4.69, 9.17) is 5.26 Å². The molecule has 0 aliphatic heterocycles. The van der Waals surface area contributed by atoms with Crippen molar-refractivity contribution >= 4 is 0 Å². The van der Waals surface area contributed by atoms with Crippen LogP contribution in [-0.4, -0.2) is 14.5 Å². The zero-order chi connectivity index (χ0) is 10.7. The number of hydrogen-bond acceptors (Lipinski definition) is 3. The third-order valence-electron chi connectivity index (χ3n) is 2.15. The maximum Gasteiger partial charge on any atom is 0.107 e. The van der Waals surface area contributed by atoms with Crippen molar-refractivity contribution in [2.24, 2.45) is 0 Å². The Balaban J connectivity index is 2.41. The SMILES string of the molecule is CCn1cnc(-c2cc(C#N)ccn2)c1. The molecule has 0 aliphatic carbocycles. The number of hydrogen-bond donors (Lipinski definition) is 0. The maximum absolute atomic E-state index is 8.76. The molecule has 0 radical (unpaired) electrons. The van der Waals surface area contributed by atoms with Crippen LogP contribution in [0.2, 0.25) is 0 Å². The molecule has 2 heterocycles. The van der Waals surface area contributed by atoms with E-state index < -0.39 is 0 Å². The van der Waals surface area contributed by atoms with E-state index in [0.29, 0.717) is 5.56 Å². The quantitative estimate of drug-likeness (QED) is 0.739. The monoisotopic (exact) mass is 198 g/mol. The first-order valence-corrected chi connectivity index (χ1v) is 4.71. The smallest absolute Gasteiger partial charge is 0.107 e. The van der Waals surface area contributed by atoms with Gasteiger partial charge in [0.15, 0.2) is 0 Å². The van der Waals surface area contributed by atoms with Crippen molar-refractivity contribution in [3.05, 3.63) is 36.4 Å². The summed E-state index contributed by atoms with van der Waals surface area (Å²) in [5, 5.41) is 8.76. The molecule has 0 bridgehead atoms. The summed E-state index contributed by atoms with van der Waals surface area (Å²) >= 11 is 0. The van der Waals surface area contributed by atoms with Gasteiger partial charge in [0.25, 0.3) is 0 Å². The minimum atomic E-state index is 0.603. The summed E-state index contributed by atoms with van der Waals surface area (Å²) in [7, 11) is 0. The summed E-state index contributed by atoms with van der Waals surface area (Å²) in [6.07, 6.45) is 5.30. The molecule has 15 heavy (non-hydrogen) atoms. The minimum absolute atomic E-state index is 0.603. The normalized spacial score (nSPS) is 9.87. The number of nitrogens with zero attached hydrogens (tertiary/aromatic N) is 4. The zero-order valence-electron chi connectivity index (χ0n) is 8.38. The number of aryl methyl sites for hydroxylation is 1. The third kappa shape index (κ3) is 1.86. The Kier molecular flexibility index (Phi) is 2.46. The van der Waals surface area contributed by atoms with Gasteiger partial charge in [-0.15, -0.1) is 0 Å². The van der Waals surface area contributed by atoms with E-state index in [1.165, 1.54) is 0 Å². The van der Waals surface area contributed by atoms with Gasteiger partial charge in [-0.25, -0.2) is 4.98 Å². The Morgan fingerprint density at radius 3 is 2.93 bits per heavy atom. The van der Waals surface area contributed by atoms with Crippen LogP contribution in [0.4, 0.5) is 0 Å². The van der Waals surface area contributed by atoms with Gasteiger partial charge in [0, 0.05) is 18.9 Å². The highest BCUT2D eigenvalue weighted by atomic mass is 15.0. The molecule has 0 saturated carbocycles. The molecule has 4 nitrogen and oxygen atoms in total. The highest BCUT2D eigenvalue weighted by Crippen LogP contribution is 2.14. The molecule has 2 rings (SSSR count). The average molecular weight is 198 g/mol. The van der Waals surface area contributed by atoms with Crippen LogP contribution < -0.4 is 0 Å². The van der Waals surface area contributed by atoms with E-state index in [1.807, 2.05) is 17.7 Å². The molecule has 2 aromatic rings. The molecule has 0 N–H and O–H groups in total. The van der Waals surface area contributed by atoms with Crippen LogP contribution in [0.5, 0.6) is 0 Å². The summed E-state index contributed by atoms with van der Waals surface area (Å²) in [5.41, 5.74) is 2.14. The standard InChI is InChI=1S/C11H10N4/c1-2-15-7-11(14-8-15)10-5-9(6-12)3-4-13-10/h3-5,7-8H,2H2,1H3. The molecular weight excluding hydrogens is 188 g/mol. The minimum Gasteiger partial charge on any atom is -0.337 e. The predicted octanol–water partition coefficient (Wildman–Crippen LogP) is 1.84. The molecule has 2 aromatic heterocycles. The van der Waals surface area contributed by atoms with Crippen LogP contribution in [-0.2, 0) is 6.54 Å². The summed E-state index contributed by atoms with van der Waals surface area (Å²) in [4.78, 5) is 8.40. The Morgan fingerprint density at radius 2 is 2.27 bits per heavy atom. The van der Waals surface area contributed by atoms with E-state index >= 15 is 0 Å². The van der Waals surface area contributed by atoms with Crippen molar-refractivity contribution in [3.63, 3.8) is 0 Å². The Labute approximate surface area is 87.8 Å². The van der Waals surface area contributed by atoms with Gasteiger partial charge in [-0.2, -0.15) is 5.26 Å². The molecule has 0 amide bonds. The van der Waals surface area contributed by atoms with Gasteiger partial charge < -0.3 is 4.57 Å². The summed E-state index contributed by atoms with van der Waals surface area (Å²) < 4.78 is 1.97. The number of aromatic nitrogens is 3. The molecule has 0 atom stereocenters. The van der Waals surface area contributed by atoms with Gasteiger partial charge in [-0.05, 0) is 19.1 Å². The lowest BCUT2D eigenvalue weighted by Crippen LogP contribution is -1.87. The van der Waals surface area contributed by atoms with Gasteiger partial charge in [0.1, 0.15) is 5.69 Å². The fourth-order valence-electron chi connectivity index (χ4n) is 1.31. The Morgan fingerprint density at radius 1 is 1.40 bits per heavy atom. The largest absolute Gasteiger partial charge is 0.337 e. The van der Waals surface area contributed by atoms with E-state index in [0.717, 1.165) is 17.9 Å². The number of imidazole rings is 1. The highest BCUT2D eigenvalue weighted by Gasteiger charge is 2.03. The average Bonchev–Trinajstić information content (AvgIpc) is 2.78. The lowest BCUT2D eigenvalue weighted by atomic mass is 10.2. The second-order valence-electron chi connectivity index (χ2n) is 3.13. The van der Waals surface area contributed by atoms with Crippen LogP contribution in [0.15, 0.2) is 30.9 Å². The van der Waals surface area contributed by atoms with E-state index in [9.17, 15) is 0 Å². The first kappa shape index (κ1) is 9.41. The van der Waals surface area contributed by atoms with E-state index in [1.54, 1.807) is 24.7 Å². The topological polar surface area (TPSA) is 54.5 Å². The van der Waals surface area contributed by atoms with Crippen molar-refractivity contribution < 1.29 is 0 Å². The number of rotatable bonds is 2. The first-order chi connectivity index (χ1) is 7.33. The van der Waals surface area contributed by atoms with Gasteiger partial charge in [0.2, 0.25) is 0 Å². The fraction of sp³-hybridized carbons (Fsp3) is 0.182. The lowest BCUT2D eigenvalue weighted by Gasteiger charge is -1.95. The van der Waals surface area contributed by atoms with Gasteiger partial charge in [-0.1, -0.05) is 0 Å². The molecule has 0 unspecified atom stereocenters. The molecule has 0 fully saturated rings. The molecular formula is C11H10N4. The second kappa shape index (κ2) is 3.93. The van der Waals surface area contributed by atoms with Crippen molar-refractivity contribution in [2.45, 2.75) is 13.5 Å². The second-order valence-corrected chi connectivity index (χ2v) is 3.13. The van der Waals surface area contributed by atoms with Crippen molar-refractivity contribution in [2.75, 3.05) is 0 Å². The number of pyridine rings is 1. The Bertz CT molecular complexity index is 507. The summed E-state index contributed by atoms with van der Waals surface area (Å²) in [6.45, 7) is 2.93. The Hall–Kier alpha value is -2.15. The molecule has 0 aliphatic rings. The molecule has 0 spiro atoms. The van der Waals surface area contributed by atoms with Crippen molar-refractivity contribution in [3.8, 4) is 17.5 Å². The van der Waals surface area contributed by atoms with Crippen LogP contribution in [0, 0.1) is 11.3 Å². The maximum atomic E-state index is 8.76. The van der Waals surface area contributed by atoms with Crippen LogP contribution in [0.3, 0.4) is 0 Å². The number of nitriles is 1. The van der Waals surface area contributed by atoms with Crippen LogP contribution >= 0.6 is 0 Å². The van der Waals surface area contributed by atoms with E-state index in [2.05, 4.69) is 16.0 Å². The third-order valence-corrected chi connectivity index (χ3v) is 2.15. The van der Waals surface area contributed by atoms with Gasteiger partial charge in [-0.3, -0.25) is 4.98 Å². The summed E-state index contributed by atoms with van der Waals surface area (Å²) in [5.74, 6) is 0.